The second-order valence-electron chi connectivity index (χ2n) is 5.64. The Labute approximate surface area is 118 Å². The number of carbonyl (C=O) groups excluding carboxylic acids is 1. The van der Waals surface area contributed by atoms with Gasteiger partial charge in [0.05, 0.1) is 11.9 Å². The van der Waals surface area contributed by atoms with Crippen LogP contribution in [0, 0.1) is 6.92 Å². The smallest absolute Gasteiger partial charge is 0.414 e. The molecule has 0 aliphatic rings. The molecule has 1 amide bonds. The van der Waals surface area contributed by atoms with E-state index in [9.17, 15) is 4.79 Å². The van der Waals surface area contributed by atoms with Crippen LogP contribution in [-0.4, -0.2) is 21.7 Å². The van der Waals surface area contributed by atoms with Crippen LogP contribution in [0.15, 0.2) is 30.5 Å². The molecule has 2 rings (SSSR count). The highest BCUT2D eigenvalue weighted by molar-refractivity contribution is 5.83. The number of aromatic amines is 1. The molecular formula is C15H19N3O2. The van der Waals surface area contributed by atoms with Crippen molar-refractivity contribution in [3.05, 3.63) is 36.0 Å². The van der Waals surface area contributed by atoms with Crippen LogP contribution >= 0.6 is 0 Å². The van der Waals surface area contributed by atoms with Crippen molar-refractivity contribution in [2.45, 2.75) is 33.3 Å². The summed E-state index contributed by atoms with van der Waals surface area (Å²) in [7, 11) is 0. The molecule has 0 fully saturated rings. The van der Waals surface area contributed by atoms with Gasteiger partial charge in [0.15, 0.2) is 0 Å². The zero-order valence-electron chi connectivity index (χ0n) is 12.2. The van der Waals surface area contributed by atoms with E-state index < -0.39 is 11.7 Å². The summed E-state index contributed by atoms with van der Waals surface area (Å²) in [5, 5.41) is 2.57. The van der Waals surface area contributed by atoms with Crippen molar-refractivity contribution in [1.82, 2.24) is 9.97 Å². The Morgan fingerprint density at radius 3 is 2.50 bits per heavy atom. The molecule has 0 saturated heterocycles. The van der Waals surface area contributed by atoms with E-state index in [-0.39, 0.29) is 0 Å². The number of nitrogens with zero attached hydrogens (tertiary/aromatic N) is 1. The number of nitrogens with one attached hydrogen (secondary N) is 2. The average Bonchev–Trinajstić information content (AvgIpc) is 2.75. The lowest BCUT2D eigenvalue weighted by atomic mass is 10.1. The number of carbonyl (C=O) groups is 1. The average molecular weight is 273 g/mol. The monoisotopic (exact) mass is 273 g/mol. The number of H-pyrrole nitrogens is 1. The summed E-state index contributed by atoms with van der Waals surface area (Å²) in [6.07, 6.45) is 1.15. The van der Waals surface area contributed by atoms with Gasteiger partial charge >= 0.3 is 6.09 Å². The molecule has 0 bridgehead atoms. The van der Waals surface area contributed by atoms with Crippen LogP contribution in [0.5, 0.6) is 0 Å². The lowest BCUT2D eigenvalue weighted by Crippen LogP contribution is -2.27. The van der Waals surface area contributed by atoms with Crippen LogP contribution in [0.2, 0.25) is 0 Å². The summed E-state index contributed by atoms with van der Waals surface area (Å²) in [5.74, 6) is 0.370. The molecular weight excluding hydrogens is 254 g/mol. The van der Waals surface area contributed by atoms with E-state index in [1.54, 1.807) is 6.20 Å². The van der Waals surface area contributed by atoms with Gasteiger partial charge in [-0.1, -0.05) is 29.8 Å². The van der Waals surface area contributed by atoms with Gasteiger partial charge in [-0.25, -0.2) is 9.78 Å². The first kappa shape index (κ1) is 14.1. The molecule has 106 valence electrons. The standard InChI is InChI=1S/C15H19N3O2/c1-10-5-7-11(8-6-10)12-9-16-13(17-12)18-14(19)20-15(2,3)4/h5-9H,1-4H3,(H2,16,17,18,19). The molecule has 0 radical (unpaired) electrons. The van der Waals surface area contributed by atoms with Crippen molar-refractivity contribution < 1.29 is 9.53 Å². The van der Waals surface area contributed by atoms with E-state index in [0.717, 1.165) is 11.3 Å². The van der Waals surface area contributed by atoms with E-state index in [1.165, 1.54) is 5.56 Å². The SMILES string of the molecule is Cc1ccc(-c2cnc(NC(=O)OC(C)(C)C)[nH]2)cc1. The van der Waals surface area contributed by atoms with Crippen molar-refractivity contribution in [1.29, 1.82) is 0 Å². The van der Waals surface area contributed by atoms with Crippen molar-refractivity contribution in [3.8, 4) is 11.3 Å². The Hall–Kier alpha value is -2.30. The molecule has 1 aromatic carbocycles. The number of aromatic nitrogens is 2. The van der Waals surface area contributed by atoms with Crippen LogP contribution in [0.25, 0.3) is 11.3 Å². The predicted molar refractivity (Wildman–Crippen MR) is 78.6 cm³/mol. The Bertz CT molecular complexity index is 594. The maximum absolute atomic E-state index is 11.6. The number of hydrogen-bond acceptors (Lipinski definition) is 3. The summed E-state index contributed by atoms with van der Waals surface area (Å²) in [6, 6.07) is 8.05. The minimum atomic E-state index is -0.531. The minimum Gasteiger partial charge on any atom is -0.444 e. The molecule has 5 heteroatoms. The Kier molecular flexibility index (Phi) is 3.79. The minimum absolute atomic E-state index is 0.370. The summed E-state index contributed by atoms with van der Waals surface area (Å²) in [5.41, 5.74) is 2.52. The summed E-state index contributed by atoms with van der Waals surface area (Å²) < 4.78 is 5.16. The highest BCUT2D eigenvalue weighted by Crippen LogP contribution is 2.19. The van der Waals surface area contributed by atoms with E-state index in [4.69, 9.17) is 4.74 Å². The van der Waals surface area contributed by atoms with Crippen LogP contribution in [-0.2, 0) is 4.74 Å². The second kappa shape index (κ2) is 5.36. The van der Waals surface area contributed by atoms with Gasteiger partial charge in [-0.15, -0.1) is 0 Å². The van der Waals surface area contributed by atoms with Gasteiger partial charge < -0.3 is 9.72 Å². The van der Waals surface area contributed by atoms with Gasteiger partial charge in [-0.2, -0.15) is 0 Å². The number of aryl methyl sites for hydroxylation is 1. The lowest BCUT2D eigenvalue weighted by Gasteiger charge is -2.18. The summed E-state index contributed by atoms with van der Waals surface area (Å²) in [6.45, 7) is 7.47. The fourth-order valence-corrected chi connectivity index (χ4v) is 1.66. The van der Waals surface area contributed by atoms with E-state index in [2.05, 4.69) is 15.3 Å². The number of benzene rings is 1. The molecule has 0 saturated carbocycles. The third-order valence-corrected chi connectivity index (χ3v) is 2.56. The van der Waals surface area contributed by atoms with Crippen LogP contribution < -0.4 is 5.32 Å². The maximum Gasteiger partial charge on any atom is 0.414 e. The first-order chi connectivity index (χ1) is 9.33. The molecule has 2 aromatic rings. The fourth-order valence-electron chi connectivity index (χ4n) is 1.66. The van der Waals surface area contributed by atoms with Gasteiger partial charge in [-0.3, -0.25) is 5.32 Å². The lowest BCUT2D eigenvalue weighted by molar-refractivity contribution is 0.0635. The third-order valence-electron chi connectivity index (χ3n) is 2.56. The van der Waals surface area contributed by atoms with E-state index in [0.29, 0.717) is 5.95 Å². The number of amides is 1. The molecule has 2 N–H and O–H groups in total. The molecule has 5 nitrogen and oxygen atoms in total. The largest absolute Gasteiger partial charge is 0.444 e. The molecule has 0 aliphatic carbocycles. The molecule has 0 atom stereocenters. The fraction of sp³-hybridized carbons (Fsp3) is 0.333. The summed E-state index contributed by atoms with van der Waals surface area (Å²) >= 11 is 0. The molecule has 1 heterocycles. The Morgan fingerprint density at radius 1 is 1.25 bits per heavy atom. The zero-order valence-corrected chi connectivity index (χ0v) is 12.2. The molecule has 0 unspecified atom stereocenters. The first-order valence-corrected chi connectivity index (χ1v) is 6.45. The van der Waals surface area contributed by atoms with Gasteiger partial charge in [0.2, 0.25) is 5.95 Å². The van der Waals surface area contributed by atoms with Crippen LogP contribution in [0.4, 0.5) is 10.7 Å². The number of ether oxygens (including phenoxy) is 1. The number of hydrogen-bond donors (Lipinski definition) is 2. The van der Waals surface area contributed by atoms with Crippen molar-refractivity contribution in [2.24, 2.45) is 0 Å². The van der Waals surface area contributed by atoms with Gasteiger partial charge in [-0.05, 0) is 33.3 Å². The molecule has 0 spiro atoms. The quantitative estimate of drug-likeness (QED) is 0.876. The van der Waals surface area contributed by atoms with Crippen LogP contribution in [0.1, 0.15) is 26.3 Å². The molecule has 1 aromatic heterocycles. The van der Waals surface area contributed by atoms with Crippen molar-refractivity contribution in [2.75, 3.05) is 5.32 Å². The van der Waals surface area contributed by atoms with Crippen molar-refractivity contribution >= 4 is 12.0 Å². The summed E-state index contributed by atoms with van der Waals surface area (Å²) in [4.78, 5) is 18.8. The number of rotatable bonds is 2. The molecule has 0 aliphatic heterocycles. The van der Waals surface area contributed by atoms with Gasteiger partial charge in [0.1, 0.15) is 5.60 Å². The highest BCUT2D eigenvalue weighted by atomic mass is 16.6. The predicted octanol–water partition coefficient (Wildman–Crippen LogP) is 3.73. The van der Waals surface area contributed by atoms with Crippen molar-refractivity contribution in [3.63, 3.8) is 0 Å². The Morgan fingerprint density at radius 2 is 1.90 bits per heavy atom. The Balaban J connectivity index is 2.06. The third kappa shape index (κ3) is 3.85. The maximum atomic E-state index is 11.6. The number of imidazole rings is 1. The highest BCUT2D eigenvalue weighted by Gasteiger charge is 2.17. The molecule has 20 heavy (non-hydrogen) atoms. The number of anilines is 1. The van der Waals surface area contributed by atoms with E-state index in [1.807, 2.05) is 52.0 Å². The van der Waals surface area contributed by atoms with E-state index >= 15 is 0 Å². The second-order valence-corrected chi connectivity index (χ2v) is 5.64. The van der Waals surface area contributed by atoms with Gasteiger partial charge in [0.25, 0.3) is 0 Å². The topological polar surface area (TPSA) is 67.0 Å². The van der Waals surface area contributed by atoms with Gasteiger partial charge in [0, 0.05) is 0 Å². The first-order valence-electron chi connectivity index (χ1n) is 6.45. The zero-order chi connectivity index (χ0) is 14.8. The van der Waals surface area contributed by atoms with Crippen LogP contribution in [0.3, 0.4) is 0 Å². The normalized spacial score (nSPS) is 11.2.